The van der Waals surface area contributed by atoms with Crippen molar-refractivity contribution in [3.63, 3.8) is 0 Å². The highest BCUT2D eigenvalue weighted by Gasteiger charge is 2.18. The van der Waals surface area contributed by atoms with E-state index in [1.54, 1.807) is 30.3 Å². The standard InChI is InChI=1S/C15H12N4O4/c1-2-7-16-11-6-5-10(9-12(11)19(20)21)15-17-14(18-23-15)13-4-3-8-22-13/h2-6,8-9,16H,1,7H2. The van der Waals surface area contributed by atoms with E-state index in [2.05, 4.69) is 22.0 Å². The molecule has 0 fully saturated rings. The molecule has 0 saturated carbocycles. The predicted octanol–water partition coefficient (Wildman–Crippen LogP) is 3.50. The van der Waals surface area contributed by atoms with Crippen LogP contribution < -0.4 is 5.32 Å². The molecule has 2 heterocycles. The van der Waals surface area contributed by atoms with Gasteiger partial charge in [0.15, 0.2) is 5.76 Å². The number of anilines is 1. The van der Waals surface area contributed by atoms with Gasteiger partial charge in [-0.05, 0) is 24.3 Å². The van der Waals surface area contributed by atoms with Gasteiger partial charge in [0.05, 0.1) is 11.2 Å². The molecule has 0 aliphatic heterocycles. The van der Waals surface area contributed by atoms with E-state index in [4.69, 9.17) is 8.94 Å². The highest BCUT2D eigenvalue weighted by atomic mass is 16.6. The maximum Gasteiger partial charge on any atom is 0.293 e. The van der Waals surface area contributed by atoms with Crippen LogP contribution in [0.4, 0.5) is 11.4 Å². The molecular formula is C15H12N4O4. The molecule has 8 heteroatoms. The number of rotatable bonds is 6. The van der Waals surface area contributed by atoms with Crippen molar-refractivity contribution >= 4 is 11.4 Å². The Kier molecular flexibility index (Phi) is 3.88. The molecule has 1 aromatic carbocycles. The fraction of sp³-hybridized carbons (Fsp3) is 0.0667. The number of nitro groups is 1. The first-order valence-electron chi connectivity index (χ1n) is 6.70. The molecule has 0 unspecified atom stereocenters. The summed E-state index contributed by atoms with van der Waals surface area (Å²) in [6.07, 6.45) is 3.11. The van der Waals surface area contributed by atoms with Crippen molar-refractivity contribution in [3.05, 3.63) is 59.4 Å². The molecule has 0 bridgehead atoms. The number of benzene rings is 1. The Balaban J connectivity index is 1.95. The first kappa shape index (κ1) is 14.5. The van der Waals surface area contributed by atoms with E-state index in [0.29, 0.717) is 23.6 Å². The van der Waals surface area contributed by atoms with Crippen LogP contribution in [0.25, 0.3) is 23.0 Å². The highest BCUT2D eigenvalue weighted by molar-refractivity contribution is 5.70. The molecule has 0 saturated heterocycles. The molecule has 2 aromatic heterocycles. The Morgan fingerprint density at radius 2 is 2.26 bits per heavy atom. The zero-order chi connectivity index (χ0) is 16.2. The molecule has 0 aliphatic carbocycles. The zero-order valence-corrected chi connectivity index (χ0v) is 11.9. The minimum atomic E-state index is -0.473. The van der Waals surface area contributed by atoms with Gasteiger partial charge in [0.1, 0.15) is 5.69 Å². The molecule has 3 rings (SSSR count). The van der Waals surface area contributed by atoms with Crippen LogP contribution in [0, 0.1) is 10.1 Å². The molecule has 0 radical (unpaired) electrons. The predicted molar refractivity (Wildman–Crippen MR) is 82.8 cm³/mol. The van der Waals surface area contributed by atoms with Crippen LogP contribution in [-0.2, 0) is 0 Å². The van der Waals surface area contributed by atoms with Gasteiger partial charge in [-0.3, -0.25) is 10.1 Å². The minimum Gasteiger partial charge on any atom is -0.461 e. The number of hydrogen-bond acceptors (Lipinski definition) is 7. The monoisotopic (exact) mass is 312 g/mol. The third-order valence-electron chi connectivity index (χ3n) is 3.05. The second kappa shape index (κ2) is 6.14. The van der Waals surface area contributed by atoms with Gasteiger partial charge in [-0.25, -0.2) is 0 Å². The van der Waals surface area contributed by atoms with Gasteiger partial charge in [0.25, 0.3) is 11.6 Å². The van der Waals surface area contributed by atoms with Gasteiger partial charge in [0.2, 0.25) is 5.82 Å². The van der Waals surface area contributed by atoms with Gasteiger partial charge >= 0.3 is 0 Å². The fourth-order valence-electron chi connectivity index (χ4n) is 1.99. The maximum absolute atomic E-state index is 11.2. The average molecular weight is 312 g/mol. The van der Waals surface area contributed by atoms with E-state index in [-0.39, 0.29) is 17.4 Å². The third kappa shape index (κ3) is 2.95. The highest BCUT2D eigenvalue weighted by Crippen LogP contribution is 2.30. The second-order valence-electron chi connectivity index (χ2n) is 4.56. The number of aromatic nitrogens is 2. The van der Waals surface area contributed by atoms with Crippen molar-refractivity contribution in [2.24, 2.45) is 0 Å². The molecule has 3 aromatic rings. The summed E-state index contributed by atoms with van der Waals surface area (Å²) in [5.41, 5.74) is 0.762. The number of hydrogen-bond donors (Lipinski definition) is 1. The molecule has 116 valence electrons. The summed E-state index contributed by atoms with van der Waals surface area (Å²) in [7, 11) is 0. The topological polar surface area (TPSA) is 107 Å². The molecule has 23 heavy (non-hydrogen) atoms. The average Bonchev–Trinajstić information content (AvgIpc) is 3.23. The Labute approximate surface area is 130 Å². The van der Waals surface area contributed by atoms with E-state index >= 15 is 0 Å². The van der Waals surface area contributed by atoms with Crippen molar-refractivity contribution in [2.45, 2.75) is 0 Å². The summed E-state index contributed by atoms with van der Waals surface area (Å²) in [6.45, 7) is 3.99. The van der Waals surface area contributed by atoms with Crippen LogP contribution >= 0.6 is 0 Å². The molecule has 8 nitrogen and oxygen atoms in total. The van der Waals surface area contributed by atoms with Crippen molar-refractivity contribution in [3.8, 4) is 23.0 Å². The Morgan fingerprint density at radius 1 is 1.39 bits per heavy atom. The van der Waals surface area contributed by atoms with Crippen molar-refractivity contribution in [1.29, 1.82) is 0 Å². The molecule has 0 atom stereocenters. The summed E-state index contributed by atoms with van der Waals surface area (Å²) in [5, 5.41) is 17.9. The first-order valence-corrected chi connectivity index (χ1v) is 6.70. The quantitative estimate of drug-likeness (QED) is 0.421. The normalized spacial score (nSPS) is 10.4. The lowest BCUT2D eigenvalue weighted by Crippen LogP contribution is -2.02. The summed E-state index contributed by atoms with van der Waals surface area (Å²) in [6, 6.07) is 8.03. The van der Waals surface area contributed by atoms with Gasteiger partial charge in [-0.1, -0.05) is 11.2 Å². The van der Waals surface area contributed by atoms with E-state index in [9.17, 15) is 10.1 Å². The van der Waals surface area contributed by atoms with Crippen molar-refractivity contribution in [2.75, 3.05) is 11.9 Å². The van der Waals surface area contributed by atoms with Crippen LogP contribution in [0.2, 0.25) is 0 Å². The fourth-order valence-corrected chi connectivity index (χ4v) is 1.99. The lowest BCUT2D eigenvalue weighted by atomic mass is 10.1. The number of nitro benzene ring substituents is 1. The van der Waals surface area contributed by atoms with Gasteiger partial charge in [-0.15, -0.1) is 6.58 Å². The summed E-state index contributed by atoms with van der Waals surface area (Å²) in [4.78, 5) is 14.9. The summed E-state index contributed by atoms with van der Waals surface area (Å²) < 4.78 is 10.3. The summed E-state index contributed by atoms with van der Waals surface area (Å²) in [5.74, 6) is 0.912. The van der Waals surface area contributed by atoms with Crippen LogP contribution in [0.15, 0.2) is 58.2 Å². The maximum atomic E-state index is 11.2. The van der Waals surface area contributed by atoms with Crippen LogP contribution in [-0.4, -0.2) is 21.6 Å². The van der Waals surface area contributed by atoms with Crippen molar-refractivity contribution < 1.29 is 13.9 Å². The minimum absolute atomic E-state index is 0.0814. The molecular weight excluding hydrogens is 300 g/mol. The SMILES string of the molecule is C=CCNc1ccc(-c2nc(-c3ccco3)no2)cc1[N+](=O)[O-]. The molecule has 0 aliphatic rings. The number of nitrogens with one attached hydrogen (secondary N) is 1. The Bertz CT molecular complexity index is 839. The van der Waals surface area contributed by atoms with Crippen molar-refractivity contribution in [1.82, 2.24) is 10.1 Å². The summed E-state index contributed by atoms with van der Waals surface area (Å²) >= 11 is 0. The smallest absolute Gasteiger partial charge is 0.293 e. The van der Waals surface area contributed by atoms with E-state index in [1.165, 1.54) is 12.3 Å². The zero-order valence-electron chi connectivity index (χ0n) is 11.9. The van der Waals surface area contributed by atoms with E-state index < -0.39 is 4.92 Å². The number of furan rings is 1. The third-order valence-corrected chi connectivity index (χ3v) is 3.05. The largest absolute Gasteiger partial charge is 0.461 e. The van der Waals surface area contributed by atoms with Crippen LogP contribution in [0.1, 0.15) is 0 Å². The molecule has 0 spiro atoms. The van der Waals surface area contributed by atoms with Gasteiger partial charge in [0, 0.05) is 18.2 Å². The van der Waals surface area contributed by atoms with Crippen LogP contribution in [0.3, 0.4) is 0 Å². The lowest BCUT2D eigenvalue weighted by Gasteiger charge is -2.05. The van der Waals surface area contributed by atoms with E-state index in [0.717, 1.165) is 0 Å². The second-order valence-corrected chi connectivity index (χ2v) is 4.56. The Morgan fingerprint density at radius 3 is 2.96 bits per heavy atom. The van der Waals surface area contributed by atoms with Crippen LogP contribution in [0.5, 0.6) is 0 Å². The van der Waals surface area contributed by atoms with Gasteiger partial charge in [-0.2, -0.15) is 4.98 Å². The van der Waals surface area contributed by atoms with E-state index in [1.807, 2.05) is 0 Å². The number of nitrogens with zero attached hydrogens (tertiary/aromatic N) is 3. The van der Waals surface area contributed by atoms with Gasteiger partial charge < -0.3 is 14.3 Å². The Hall–Kier alpha value is -3.42. The first-order chi connectivity index (χ1) is 11.2. The lowest BCUT2D eigenvalue weighted by molar-refractivity contribution is -0.383. The molecule has 0 amide bonds. The molecule has 1 N–H and O–H groups in total.